The number of benzene rings is 8. The van der Waals surface area contributed by atoms with E-state index in [1.807, 2.05) is 12.3 Å². The SMILES string of the molecule is c1ccc(-c2ccc(-c3cccc4c3oc3c(-c5cccc(-c6cnc7c8ccccc8c8ccccc8c7n6)c5)cccc34)cc2)cc1. The Bertz CT molecular complexity index is 2830. The van der Waals surface area contributed by atoms with E-state index in [1.165, 1.54) is 21.9 Å². The molecule has 3 heteroatoms. The Hall–Kier alpha value is -6.58. The van der Waals surface area contributed by atoms with Gasteiger partial charge in [0.2, 0.25) is 0 Å². The first-order chi connectivity index (χ1) is 24.3. The fraction of sp³-hybridized carbons (Fsp3) is 0. The lowest BCUT2D eigenvalue weighted by atomic mass is 9.97. The highest BCUT2D eigenvalue weighted by atomic mass is 16.3. The van der Waals surface area contributed by atoms with Gasteiger partial charge in [-0.2, -0.15) is 0 Å². The largest absolute Gasteiger partial charge is 0.455 e. The molecule has 0 amide bonds. The van der Waals surface area contributed by atoms with Crippen LogP contribution in [0.3, 0.4) is 0 Å². The number of para-hydroxylation sites is 2. The van der Waals surface area contributed by atoms with Crippen LogP contribution in [0.1, 0.15) is 0 Å². The molecular weight excluding hydrogens is 597 g/mol. The number of fused-ring (bicyclic) bond motifs is 9. The summed E-state index contributed by atoms with van der Waals surface area (Å²) in [6, 6.07) is 57.5. The molecule has 10 aromatic rings. The molecule has 0 atom stereocenters. The lowest BCUT2D eigenvalue weighted by Crippen LogP contribution is -1.92. The molecule has 49 heavy (non-hydrogen) atoms. The van der Waals surface area contributed by atoms with Crippen molar-refractivity contribution in [3.63, 3.8) is 0 Å². The second-order valence-corrected chi connectivity index (χ2v) is 12.5. The summed E-state index contributed by atoms with van der Waals surface area (Å²) < 4.78 is 6.80. The molecular formula is C46H28N2O. The van der Waals surface area contributed by atoms with Gasteiger partial charge in [0.1, 0.15) is 11.2 Å². The molecule has 2 heterocycles. The Balaban J connectivity index is 1.09. The number of hydrogen-bond acceptors (Lipinski definition) is 3. The van der Waals surface area contributed by atoms with Gasteiger partial charge in [0.15, 0.2) is 0 Å². The van der Waals surface area contributed by atoms with Crippen LogP contribution >= 0.6 is 0 Å². The van der Waals surface area contributed by atoms with Crippen molar-refractivity contribution in [2.45, 2.75) is 0 Å². The van der Waals surface area contributed by atoms with Crippen molar-refractivity contribution < 1.29 is 4.42 Å². The van der Waals surface area contributed by atoms with Crippen LogP contribution in [0.15, 0.2) is 174 Å². The Morgan fingerprint density at radius 2 is 0.837 bits per heavy atom. The first-order valence-electron chi connectivity index (χ1n) is 16.6. The summed E-state index contributed by atoms with van der Waals surface area (Å²) in [6.07, 6.45) is 1.90. The van der Waals surface area contributed by atoms with Crippen molar-refractivity contribution in [2.75, 3.05) is 0 Å². The Labute approximate surface area is 282 Å². The second-order valence-electron chi connectivity index (χ2n) is 12.5. The van der Waals surface area contributed by atoms with E-state index in [0.29, 0.717) is 0 Å². The summed E-state index contributed by atoms with van der Waals surface area (Å²) >= 11 is 0. The highest BCUT2D eigenvalue weighted by Crippen LogP contribution is 2.41. The highest BCUT2D eigenvalue weighted by molar-refractivity contribution is 6.23. The Kier molecular flexibility index (Phi) is 6.18. The van der Waals surface area contributed by atoms with Crippen LogP contribution < -0.4 is 0 Å². The molecule has 2 aromatic heterocycles. The first kappa shape index (κ1) is 27.5. The summed E-state index contributed by atoms with van der Waals surface area (Å²) in [6.45, 7) is 0. The predicted molar refractivity (Wildman–Crippen MR) is 204 cm³/mol. The van der Waals surface area contributed by atoms with Gasteiger partial charge >= 0.3 is 0 Å². The van der Waals surface area contributed by atoms with E-state index in [4.69, 9.17) is 14.4 Å². The zero-order valence-electron chi connectivity index (χ0n) is 26.5. The van der Waals surface area contributed by atoms with Crippen LogP contribution in [0.25, 0.3) is 99.2 Å². The van der Waals surface area contributed by atoms with E-state index in [9.17, 15) is 0 Å². The van der Waals surface area contributed by atoms with Crippen LogP contribution in [-0.4, -0.2) is 9.97 Å². The molecule has 0 spiro atoms. The number of furan rings is 1. The number of aromatic nitrogens is 2. The van der Waals surface area contributed by atoms with E-state index < -0.39 is 0 Å². The number of rotatable bonds is 4. The van der Waals surface area contributed by atoms with Gasteiger partial charge in [-0.15, -0.1) is 0 Å². The van der Waals surface area contributed by atoms with Crippen molar-refractivity contribution in [1.82, 2.24) is 9.97 Å². The Morgan fingerprint density at radius 1 is 0.347 bits per heavy atom. The molecule has 0 N–H and O–H groups in total. The monoisotopic (exact) mass is 624 g/mol. The molecule has 10 rings (SSSR count). The minimum absolute atomic E-state index is 0.841. The maximum atomic E-state index is 6.80. The van der Waals surface area contributed by atoms with E-state index >= 15 is 0 Å². The molecule has 0 saturated heterocycles. The third-order valence-corrected chi connectivity index (χ3v) is 9.72. The molecule has 0 fully saturated rings. The van der Waals surface area contributed by atoms with Crippen molar-refractivity contribution in [3.8, 4) is 44.6 Å². The van der Waals surface area contributed by atoms with E-state index in [2.05, 4.69) is 158 Å². The zero-order chi connectivity index (χ0) is 32.3. The first-order valence-corrected chi connectivity index (χ1v) is 16.6. The number of nitrogens with zero attached hydrogens (tertiary/aromatic N) is 2. The third-order valence-electron chi connectivity index (χ3n) is 9.72. The van der Waals surface area contributed by atoms with Gasteiger partial charge in [-0.1, -0.05) is 158 Å². The van der Waals surface area contributed by atoms with Gasteiger partial charge in [0.05, 0.1) is 22.9 Å². The smallest absolute Gasteiger partial charge is 0.143 e. The van der Waals surface area contributed by atoms with Gasteiger partial charge in [0.25, 0.3) is 0 Å². The lowest BCUT2D eigenvalue weighted by Gasteiger charge is -2.11. The molecule has 3 nitrogen and oxygen atoms in total. The fourth-order valence-electron chi connectivity index (χ4n) is 7.36. The second kappa shape index (κ2) is 11.0. The molecule has 0 bridgehead atoms. The van der Waals surface area contributed by atoms with Crippen molar-refractivity contribution in [1.29, 1.82) is 0 Å². The topological polar surface area (TPSA) is 38.9 Å². The van der Waals surface area contributed by atoms with E-state index in [1.54, 1.807) is 0 Å². The van der Waals surface area contributed by atoms with Gasteiger partial charge < -0.3 is 4.42 Å². The number of hydrogen-bond donors (Lipinski definition) is 0. The minimum atomic E-state index is 0.841. The third kappa shape index (κ3) is 4.44. The zero-order valence-corrected chi connectivity index (χ0v) is 26.5. The predicted octanol–water partition coefficient (Wildman–Crippen LogP) is 12.5. The van der Waals surface area contributed by atoms with Crippen molar-refractivity contribution >= 4 is 54.5 Å². The lowest BCUT2D eigenvalue weighted by molar-refractivity contribution is 0.671. The average molecular weight is 625 g/mol. The van der Waals surface area contributed by atoms with Crippen LogP contribution in [-0.2, 0) is 0 Å². The normalized spacial score (nSPS) is 11.7. The van der Waals surface area contributed by atoms with Crippen LogP contribution in [0.5, 0.6) is 0 Å². The summed E-state index contributed by atoms with van der Waals surface area (Å²) in [4.78, 5) is 10.2. The molecule has 228 valence electrons. The minimum Gasteiger partial charge on any atom is -0.455 e. The van der Waals surface area contributed by atoms with Gasteiger partial charge in [-0.3, -0.25) is 4.98 Å². The van der Waals surface area contributed by atoms with Gasteiger partial charge in [-0.05, 0) is 39.1 Å². The quantitative estimate of drug-likeness (QED) is 0.183. The maximum absolute atomic E-state index is 6.80. The van der Waals surface area contributed by atoms with E-state index in [0.717, 1.165) is 77.3 Å². The van der Waals surface area contributed by atoms with Crippen molar-refractivity contribution in [2.24, 2.45) is 0 Å². The van der Waals surface area contributed by atoms with Gasteiger partial charge in [0, 0.05) is 38.2 Å². The van der Waals surface area contributed by atoms with Gasteiger partial charge in [-0.25, -0.2) is 4.98 Å². The van der Waals surface area contributed by atoms with Crippen LogP contribution in [0.2, 0.25) is 0 Å². The molecule has 8 aromatic carbocycles. The highest BCUT2D eigenvalue weighted by Gasteiger charge is 2.17. The summed E-state index contributed by atoms with van der Waals surface area (Å²) in [5.74, 6) is 0. The standard InChI is InChI=1S/C46H28N2O/c1-2-11-29(12-3-1)30-23-25-31(26-24-30)34-19-9-21-40-41-22-10-20-35(46(41)49-45(34)40)32-13-8-14-33(27-32)42-28-47-43-38-17-6-4-15-36(38)37-16-5-7-18-39(37)44(43)48-42/h1-28H. The van der Waals surface area contributed by atoms with E-state index in [-0.39, 0.29) is 0 Å². The Morgan fingerprint density at radius 3 is 1.53 bits per heavy atom. The van der Waals surface area contributed by atoms with Crippen molar-refractivity contribution in [3.05, 3.63) is 170 Å². The molecule has 0 aliphatic heterocycles. The molecule has 0 aliphatic rings. The fourth-order valence-corrected chi connectivity index (χ4v) is 7.36. The summed E-state index contributed by atoms with van der Waals surface area (Å²) in [7, 11) is 0. The summed E-state index contributed by atoms with van der Waals surface area (Å²) in [5, 5.41) is 6.82. The van der Waals surface area contributed by atoms with Crippen LogP contribution in [0.4, 0.5) is 0 Å². The van der Waals surface area contributed by atoms with Crippen LogP contribution in [0, 0.1) is 0 Å². The summed E-state index contributed by atoms with van der Waals surface area (Å²) in [5.41, 5.74) is 12.2. The molecule has 0 radical (unpaired) electrons. The molecule has 0 unspecified atom stereocenters. The molecule has 0 aliphatic carbocycles. The maximum Gasteiger partial charge on any atom is 0.143 e. The average Bonchev–Trinajstić information content (AvgIpc) is 3.58. The molecule has 0 saturated carbocycles.